The number of hydrogen-bond acceptors (Lipinski definition) is 4. The summed E-state index contributed by atoms with van der Waals surface area (Å²) in [4.78, 5) is 12.2. The topological polar surface area (TPSA) is 80.0 Å². The van der Waals surface area contributed by atoms with E-state index in [0.717, 1.165) is 0 Å². The lowest BCUT2D eigenvalue weighted by Gasteiger charge is -2.25. The van der Waals surface area contributed by atoms with Crippen molar-refractivity contribution >= 4 is 5.91 Å². The monoisotopic (exact) mass is 320 g/mol. The van der Waals surface area contributed by atoms with Crippen LogP contribution in [-0.4, -0.2) is 38.7 Å². The van der Waals surface area contributed by atoms with Gasteiger partial charge < -0.3 is 10.4 Å². The van der Waals surface area contributed by atoms with Crippen molar-refractivity contribution in [2.75, 3.05) is 6.61 Å². The molecule has 1 aromatic carbocycles. The molecule has 23 heavy (non-hydrogen) atoms. The molecule has 0 radical (unpaired) electrons. The molecule has 1 atom stereocenters. The zero-order chi connectivity index (χ0) is 17.0. The van der Waals surface area contributed by atoms with Crippen LogP contribution >= 0.6 is 0 Å². The van der Waals surface area contributed by atoms with Gasteiger partial charge in [0.15, 0.2) is 5.69 Å². The van der Waals surface area contributed by atoms with Crippen LogP contribution in [0.5, 0.6) is 0 Å². The van der Waals surface area contributed by atoms with Crippen LogP contribution in [-0.2, 0) is 0 Å². The normalized spacial score (nSPS) is 12.9. The van der Waals surface area contributed by atoms with E-state index in [2.05, 4.69) is 15.6 Å². The first kappa shape index (κ1) is 17.1. The summed E-state index contributed by atoms with van der Waals surface area (Å²) in [6.07, 6.45) is 2.11. The maximum absolute atomic E-state index is 12.9. The number of aromatic nitrogens is 3. The van der Waals surface area contributed by atoms with Gasteiger partial charge in [0.25, 0.3) is 5.91 Å². The van der Waals surface area contributed by atoms with Crippen molar-refractivity contribution in [3.05, 3.63) is 42.0 Å². The second-order valence-electron chi connectivity index (χ2n) is 6.64. The summed E-state index contributed by atoms with van der Waals surface area (Å²) < 4.78 is 14.3. The van der Waals surface area contributed by atoms with Gasteiger partial charge in [-0.1, -0.05) is 26.0 Å². The second-order valence-corrected chi connectivity index (χ2v) is 6.64. The predicted octanol–water partition coefficient (Wildman–Crippen LogP) is 1.93. The molecule has 1 unspecified atom stereocenters. The van der Waals surface area contributed by atoms with Crippen LogP contribution in [0.15, 0.2) is 30.5 Å². The molecule has 0 aliphatic rings. The number of carbonyl (C=O) groups excluding carboxylic acids is 1. The van der Waals surface area contributed by atoms with Gasteiger partial charge in [-0.25, -0.2) is 9.07 Å². The summed E-state index contributed by atoms with van der Waals surface area (Å²) in [5.41, 5.74) is 0.722. The highest BCUT2D eigenvalue weighted by molar-refractivity contribution is 5.92. The standard InChI is InChI=1S/C16H21FN4O2/c1-16(2,3)8-12(10-22)18-15(23)14-9-21(20-19-14)13-6-4-11(17)5-7-13/h4-7,9,12,22H,8,10H2,1-3H3,(H,18,23). The van der Waals surface area contributed by atoms with E-state index < -0.39 is 5.91 Å². The number of rotatable bonds is 5. The first-order chi connectivity index (χ1) is 10.8. The largest absolute Gasteiger partial charge is 0.394 e. The quantitative estimate of drug-likeness (QED) is 0.882. The van der Waals surface area contributed by atoms with Gasteiger partial charge in [0.2, 0.25) is 0 Å². The molecule has 0 saturated carbocycles. The zero-order valence-electron chi connectivity index (χ0n) is 13.5. The summed E-state index contributed by atoms with van der Waals surface area (Å²) >= 11 is 0. The molecule has 2 rings (SSSR count). The molecule has 1 amide bonds. The van der Waals surface area contributed by atoms with E-state index in [9.17, 15) is 14.3 Å². The molecule has 0 spiro atoms. The summed E-state index contributed by atoms with van der Waals surface area (Å²) in [5.74, 6) is -0.749. The average Bonchev–Trinajstić information content (AvgIpc) is 2.95. The molecule has 2 N–H and O–H groups in total. The molecular weight excluding hydrogens is 299 g/mol. The van der Waals surface area contributed by atoms with Gasteiger partial charge in [-0.15, -0.1) is 5.10 Å². The van der Waals surface area contributed by atoms with Gasteiger partial charge in [0, 0.05) is 0 Å². The average molecular weight is 320 g/mol. The highest BCUT2D eigenvalue weighted by Gasteiger charge is 2.21. The summed E-state index contributed by atoms with van der Waals surface area (Å²) in [6, 6.07) is 5.35. The molecule has 124 valence electrons. The fourth-order valence-electron chi connectivity index (χ4n) is 2.25. The molecule has 1 heterocycles. The molecule has 0 bridgehead atoms. The Labute approximate surface area is 134 Å². The summed E-state index contributed by atoms with van der Waals surface area (Å²) in [5, 5.41) is 19.8. The number of benzene rings is 1. The third-order valence-electron chi connectivity index (χ3n) is 3.23. The predicted molar refractivity (Wildman–Crippen MR) is 83.7 cm³/mol. The van der Waals surface area contributed by atoms with Crippen molar-refractivity contribution < 1.29 is 14.3 Å². The number of nitrogens with one attached hydrogen (secondary N) is 1. The Hall–Kier alpha value is -2.28. The fourth-order valence-corrected chi connectivity index (χ4v) is 2.25. The van der Waals surface area contributed by atoms with Crippen LogP contribution in [0.2, 0.25) is 0 Å². The molecule has 0 aliphatic carbocycles. The minimum absolute atomic E-state index is 0.0214. The SMILES string of the molecule is CC(C)(C)CC(CO)NC(=O)c1cn(-c2ccc(F)cc2)nn1. The van der Waals surface area contributed by atoms with E-state index in [-0.39, 0.29) is 29.6 Å². The molecule has 6 nitrogen and oxygen atoms in total. The highest BCUT2D eigenvalue weighted by Crippen LogP contribution is 2.20. The third kappa shape index (κ3) is 4.85. The third-order valence-corrected chi connectivity index (χ3v) is 3.23. The van der Waals surface area contributed by atoms with Crippen molar-refractivity contribution in [1.82, 2.24) is 20.3 Å². The van der Waals surface area contributed by atoms with Crippen LogP contribution in [0.1, 0.15) is 37.7 Å². The minimum atomic E-state index is -0.401. The van der Waals surface area contributed by atoms with E-state index in [0.29, 0.717) is 12.1 Å². The van der Waals surface area contributed by atoms with Gasteiger partial charge in [0.05, 0.1) is 24.5 Å². The summed E-state index contributed by atoms with van der Waals surface area (Å²) in [7, 11) is 0. The fraction of sp³-hybridized carbons (Fsp3) is 0.438. The van der Waals surface area contributed by atoms with Crippen LogP contribution in [0.25, 0.3) is 5.69 Å². The molecule has 0 fully saturated rings. The number of amides is 1. The van der Waals surface area contributed by atoms with E-state index in [4.69, 9.17) is 0 Å². The molecule has 0 aliphatic heterocycles. The van der Waals surface area contributed by atoms with Crippen LogP contribution < -0.4 is 5.32 Å². The molecule has 1 aromatic heterocycles. The Morgan fingerprint density at radius 1 is 1.35 bits per heavy atom. The van der Waals surface area contributed by atoms with Gasteiger partial charge in [-0.2, -0.15) is 0 Å². The Morgan fingerprint density at radius 3 is 2.57 bits per heavy atom. The van der Waals surface area contributed by atoms with Crippen LogP contribution in [0.4, 0.5) is 4.39 Å². The Morgan fingerprint density at radius 2 is 2.00 bits per heavy atom. The van der Waals surface area contributed by atoms with Gasteiger partial charge in [-0.05, 0) is 36.1 Å². The Bertz CT molecular complexity index is 661. The molecular formula is C16H21FN4O2. The maximum atomic E-state index is 12.9. The first-order valence-corrected chi connectivity index (χ1v) is 7.38. The highest BCUT2D eigenvalue weighted by atomic mass is 19.1. The molecule has 7 heteroatoms. The lowest BCUT2D eigenvalue weighted by atomic mass is 9.88. The minimum Gasteiger partial charge on any atom is -0.394 e. The van der Waals surface area contributed by atoms with Crippen LogP contribution in [0.3, 0.4) is 0 Å². The van der Waals surface area contributed by atoms with Crippen molar-refractivity contribution in [2.45, 2.75) is 33.2 Å². The summed E-state index contributed by atoms with van der Waals surface area (Å²) in [6.45, 7) is 5.96. The molecule has 0 saturated heterocycles. The van der Waals surface area contributed by atoms with E-state index >= 15 is 0 Å². The number of nitrogens with zero attached hydrogens (tertiary/aromatic N) is 3. The van der Waals surface area contributed by atoms with E-state index in [1.807, 2.05) is 20.8 Å². The number of hydrogen-bond donors (Lipinski definition) is 2. The lowest BCUT2D eigenvalue weighted by molar-refractivity contribution is 0.0892. The van der Waals surface area contributed by atoms with Gasteiger partial charge in [0.1, 0.15) is 5.82 Å². The smallest absolute Gasteiger partial charge is 0.273 e. The Kier molecular flexibility index (Phi) is 5.10. The van der Waals surface area contributed by atoms with Crippen molar-refractivity contribution in [3.63, 3.8) is 0 Å². The Balaban J connectivity index is 2.07. The number of halogens is 1. The number of carbonyl (C=O) groups is 1. The van der Waals surface area contributed by atoms with Crippen molar-refractivity contribution in [3.8, 4) is 5.69 Å². The second kappa shape index (κ2) is 6.87. The van der Waals surface area contributed by atoms with Crippen molar-refractivity contribution in [2.24, 2.45) is 5.41 Å². The number of aliphatic hydroxyl groups is 1. The van der Waals surface area contributed by atoms with Crippen molar-refractivity contribution in [1.29, 1.82) is 0 Å². The first-order valence-electron chi connectivity index (χ1n) is 7.38. The van der Waals surface area contributed by atoms with E-state index in [1.165, 1.54) is 23.0 Å². The van der Waals surface area contributed by atoms with Gasteiger partial charge >= 0.3 is 0 Å². The number of aliphatic hydroxyl groups excluding tert-OH is 1. The molecule has 2 aromatic rings. The lowest BCUT2D eigenvalue weighted by Crippen LogP contribution is -2.40. The van der Waals surface area contributed by atoms with Crippen LogP contribution in [0, 0.1) is 11.2 Å². The zero-order valence-corrected chi connectivity index (χ0v) is 13.5. The van der Waals surface area contributed by atoms with E-state index in [1.54, 1.807) is 12.1 Å². The maximum Gasteiger partial charge on any atom is 0.273 e. The van der Waals surface area contributed by atoms with Gasteiger partial charge in [-0.3, -0.25) is 4.79 Å².